The van der Waals surface area contributed by atoms with E-state index in [9.17, 15) is 0 Å². The number of anilines is 1. The number of nitrogens with zero attached hydrogens (tertiary/aromatic N) is 2. The number of nitrogens with two attached hydrogens (primary N) is 1. The second-order valence-electron chi connectivity index (χ2n) is 3.61. The van der Waals surface area contributed by atoms with Crippen LogP contribution in [0.2, 0.25) is 0 Å². The molecule has 2 N–H and O–H groups in total. The van der Waals surface area contributed by atoms with E-state index in [1.54, 1.807) is 13.3 Å². The zero-order chi connectivity index (χ0) is 11.5. The summed E-state index contributed by atoms with van der Waals surface area (Å²) in [7, 11) is 1.66. The van der Waals surface area contributed by atoms with E-state index in [1.165, 1.54) is 0 Å². The van der Waals surface area contributed by atoms with Gasteiger partial charge in [-0.05, 0) is 19.1 Å². The van der Waals surface area contributed by atoms with Crippen LogP contribution in [0.3, 0.4) is 0 Å². The van der Waals surface area contributed by atoms with Crippen molar-refractivity contribution >= 4 is 18.1 Å². The van der Waals surface area contributed by atoms with Gasteiger partial charge in [-0.25, -0.2) is 4.68 Å². The SMILES string of the molecule is COC(C)c1c(N)cnn1-c1ccccc1.Cl. The third-order valence-electron chi connectivity index (χ3n) is 2.58. The average molecular weight is 254 g/mol. The van der Waals surface area contributed by atoms with Gasteiger partial charge in [0.1, 0.15) is 0 Å². The fourth-order valence-corrected chi connectivity index (χ4v) is 1.66. The molecular formula is C12H16ClN3O. The number of aromatic nitrogens is 2. The molecule has 4 nitrogen and oxygen atoms in total. The molecule has 0 aliphatic rings. The fourth-order valence-electron chi connectivity index (χ4n) is 1.66. The summed E-state index contributed by atoms with van der Waals surface area (Å²) in [6.45, 7) is 1.95. The molecule has 0 spiro atoms. The van der Waals surface area contributed by atoms with Gasteiger partial charge < -0.3 is 10.5 Å². The Morgan fingerprint density at radius 2 is 1.94 bits per heavy atom. The monoisotopic (exact) mass is 253 g/mol. The Labute approximate surface area is 107 Å². The zero-order valence-electron chi connectivity index (χ0n) is 9.83. The van der Waals surface area contributed by atoms with Crippen LogP contribution < -0.4 is 5.73 Å². The first-order chi connectivity index (χ1) is 7.74. The highest BCUT2D eigenvalue weighted by molar-refractivity contribution is 5.85. The molecule has 1 unspecified atom stereocenters. The molecule has 0 bridgehead atoms. The van der Waals surface area contributed by atoms with Crippen molar-refractivity contribution in [2.75, 3.05) is 12.8 Å². The van der Waals surface area contributed by atoms with Crippen LogP contribution in [-0.4, -0.2) is 16.9 Å². The molecule has 0 amide bonds. The lowest BCUT2D eigenvalue weighted by molar-refractivity contribution is 0.114. The maximum Gasteiger partial charge on any atom is 0.0985 e. The molecule has 1 atom stereocenters. The molecule has 2 rings (SSSR count). The van der Waals surface area contributed by atoms with Crippen LogP contribution >= 0.6 is 12.4 Å². The largest absolute Gasteiger partial charge is 0.396 e. The number of rotatable bonds is 3. The van der Waals surface area contributed by atoms with Gasteiger partial charge in [-0.15, -0.1) is 12.4 Å². The van der Waals surface area contributed by atoms with Crippen LogP contribution in [0.4, 0.5) is 5.69 Å². The van der Waals surface area contributed by atoms with Crippen molar-refractivity contribution in [2.45, 2.75) is 13.0 Å². The molecule has 0 radical (unpaired) electrons. The predicted molar refractivity (Wildman–Crippen MR) is 70.6 cm³/mol. The van der Waals surface area contributed by atoms with Crippen LogP contribution in [0.25, 0.3) is 5.69 Å². The van der Waals surface area contributed by atoms with Crippen LogP contribution in [0.1, 0.15) is 18.7 Å². The van der Waals surface area contributed by atoms with Gasteiger partial charge in [0, 0.05) is 7.11 Å². The molecule has 0 aliphatic carbocycles. The number of nitrogen functional groups attached to an aromatic ring is 1. The normalized spacial score (nSPS) is 11.9. The number of hydrogen-bond acceptors (Lipinski definition) is 3. The smallest absolute Gasteiger partial charge is 0.0985 e. The quantitative estimate of drug-likeness (QED) is 0.915. The predicted octanol–water partition coefficient (Wildman–Crippen LogP) is 2.58. The zero-order valence-corrected chi connectivity index (χ0v) is 10.6. The van der Waals surface area contributed by atoms with Gasteiger partial charge in [-0.3, -0.25) is 0 Å². The number of methoxy groups -OCH3 is 1. The summed E-state index contributed by atoms with van der Waals surface area (Å²) < 4.78 is 7.11. The van der Waals surface area contributed by atoms with E-state index in [0.29, 0.717) is 5.69 Å². The minimum Gasteiger partial charge on any atom is -0.396 e. The van der Waals surface area contributed by atoms with Gasteiger partial charge in [0.2, 0.25) is 0 Å². The van der Waals surface area contributed by atoms with E-state index in [0.717, 1.165) is 11.4 Å². The van der Waals surface area contributed by atoms with Crippen LogP contribution in [-0.2, 0) is 4.74 Å². The summed E-state index contributed by atoms with van der Waals surface area (Å²) >= 11 is 0. The Hall–Kier alpha value is -1.52. The Balaban J connectivity index is 0.00000144. The number of hydrogen-bond donors (Lipinski definition) is 1. The Morgan fingerprint density at radius 1 is 1.29 bits per heavy atom. The van der Waals surface area contributed by atoms with Gasteiger partial charge in [-0.1, -0.05) is 18.2 Å². The number of benzene rings is 1. The van der Waals surface area contributed by atoms with Gasteiger partial charge >= 0.3 is 0 Å². The van der Waals surface area contributed by atoms with Crippen LogP contribution in [0, 0.1) is 0 Å². The van der Waals surface area contributed by atoms with E-state index in [-0.39, 0.29) is 18.5 Å². The minimum atomic E-state index is -0.0808. The fraction of sp³-hybridized carbons (Fsp3) is 0.250. The number of ether oxygens (including phenoxy) is 1. The maximum atomic E-state index is 5.89. The van der Waals surface area contributed by atoms with Crippen molar-refractivity contribution in [3.8, 4) is 5.69 Å². The highest BCUT2D eigenvalue weighted by Crippen LogP contribution is 2.24. The molecule has 1 aromatic heterocycles. The maximum absolute atomic E-state index is 5.89. The lowest BCUT2D eigenvalue weighted by Crippen LogP contribution is -2.08. The lowest BCUT2D eigenvalue weighted by Gasteiger charge is -2.13. The first-order valence-corrected chi connectivity index (χ1v) is 5.15. The number of halogens is 1. The van der Waals surface area contributed by atoms with Gasteiger partial charge in [0.15, 0.2) is 0 Å². The van der Waals surface area contributed by atoms with E-state index in [1.807, 2.05) is 41.9 Å². The molecular weight excluding hydrogens is 238 g/mol. The Kier molecular flexibility index (Phi) is 4.54. The molecule has 0 aliphatic heterocycles. The van der Waals surface area contributed by atoms with E-state index < -0.39 is 0 Å². The van der Waals surface area contributed by atoms with Crippen molar-refractivity contribution in [1.82, 2.24) is 9.78 Å². The average Bonchev–Trinajstić information content (AvgIpc) is 2.71. The standard InChI is InChI=1S/C12H15N3O.ClH/c1-9(16-2)12-11(13)8-14-15(12)10-6-4-3-5-7-10;/h3-9H,13H2,1-2H3;1H. The Bertz CT molecular complexity index is 470. The number of para-hydroxylation sites is 1. The first-order valence-electron chi connectivity index (χ1n) is 5.15. The molecule has 0 saturated heterocycles. The Morgan fingerprint density at radius 3 is 2.53 bits per heavy atom. The molecule has 1 aromatic carbocycles. The molecule has 0 fully saturated rings. The van der Waals surface area contributed by atoms with Gasteiger partial charge in [0.05, 0.1) is 29.4 Å². The second kappa shape index (κ2) is 5.70. The summed E-state index contributed by atoms with van der Waals surface area (Å²) in [5.41, 5.74) is 8.41. The summed E-state index contributed by atoms with van der Waals surface area (Å²) in [6.07, 6.45) is 1.57. The van der Waals surface area contributed by atoms with Gasteiger partial charge in [-0.2, -0.15) is 5.10 Å². The summed E-state index contributed by atoms with van der Waals surface area (Å²) in [5, 5.41) is 4.27. The van der Waals surface area contributed by atoms with Crippen molar-refractivity contribution in [3.05, 3.63) is 42.2 Å². The molecule has 1 heterocycles. The summed E-state index contributed by atoms with van der Waals surface area (Å²) in [4.78, 5) is 0. The van der Waals surface area contributed by atoms with Crippen molar-refractivity contribution in [1.29, 1.82) is 0 Å². The first kappa shape index (κ1) is 13.5. The van der Waals surface area contributed by atoms with Crippen molar-refractivity contribution in [3.63, 3.8) is 0 Å². The third kappa shape index (κ3) is 2.60. The van der Waals surface area contributed by atoms with E-state index in [4.69, 9.17) is 10.5 Å². The summed E-state index contributed by atoms with van der Waals surface area (Å²) in [6, 6.07) is 9.87. The van der Waals surface area contributed by atoms with Gasteiger partial charge in [0.25, 0.3) is 0 Å². The van der Waals surface area contributed by atoms with E-state index in [2.05, 4.69) is 5.10 Å². The van der Waals surface area contributed by atoms with E-state index >= 15 is 0 Å². The third-order valence-corrected chi connectivity index (χ3v) is 2.58. The molecule has 17 heavy (non-hydrogen) atoms. The molecule has 0 saturated carbocycles. The molecule has 5 heteroatoms. The highest BCUT2D eigenvalue weighted by Gasteiger charge is 2.15. The second-order valence-corrected chi connectivity index (χ2v) is 3.61. The minimum absolute atomic E-state index is 0. The van der Waals surface area contributed by atoms with Crippen molar-refractivity contribution in [2.24, 2.45) is 0 Å². The topological polar surface area (TPSA) is 53.1 Å². The molecule has 2 aromatic rings. The summed E-state index contributed by atoms with van der Waals surface area (Å²) in [5.74, 6) is 0. The molecule has 92 valence electrons. The van der Waals surface area contributed by atoms with Crippen LogP contribution in [0.15, 0.2) is 36.5 Å². The highest BCUT2D eigenvalue weighted by atomic mass is 35.5. The van der Waals surface area contributed by atoms with Crippen molar-refractivity contribution < 1.29 is 4.74 Å². The lowest BCUT2D eigenvalue weighted by atomic mass is 10.2. The van der Waals surface area contributed by atoms with Crippen LogP contribution in [0.5, 0.6) is 0 Å².